The van der Waals surface area contributed by atoms with Crippen molar-refractivity contribution < 1.29 is 14.7 Å². The molecule has 2 aromatic carbocycles. The monoisotopic (exact) mass is 295 g/mol. The molecular weight excluding hydrogens is 278 g/mol. The summed E-state index contributed by atoms with van der Waals surface area (Å²) in [7, 11) is 0. The summed E-state index contributed by atoms with van der Waals surface area (Å²) in [6.45, 7) is 2.94. The minimum Gasteiger partial charge on any atom is -0.457 e. The van der Waals surface area contributed by atoms with E-state index in [1.807, 2.05) is 54.6 Å². The van der Waals surface area contributed by atoms with E-state index in [9.17, 15) is 10.0 Å². The van der Waals surface area contributed by atoms with Crippen LogP contribution in [0.15, 0.2) is 54.6 Å². The highest BCUT2D eigenvalue weighted by molar-refractivity contribution is 5.72. The van der Waals surface area contributed by atoms with Gasteiger partial charge in [-0.25, -0.2) is 5.06 Å². The van der Waals surface area contributed by atoms with Gasteiger partial charge in [-0.3, -0.25) is 10.0 Å². The topological polar surface area (TPSA) is 49.8 Å². The Morgan fingerprint density at radius 3 is 2.50 bits per heavy atom. The molecule has 0 spiro atoms. The van der Waals surface area contributed by atoms with E-state index < -0.39 is 11.9 Å². The van der Waals surface area contributed by atoms with Gasteiger partial charge < -0.3 is 4.74 Å². The highest BCUT2D eigenvalue weighted by Crippen LogP contribution is 2.21. The lowest BCUT2D eigenvalue weighted by Crippen LogP contribution is -2.32. The Labute approximate surface area is 129 Å². The van der Waals surface area contributed by atoms with Crippen molar-refractivity contribution in [1.82, 2.24) is 5.06 Å². The van der Waals surface area contributed by atoms with E-state index in [0.717, 1.165) is 11.3 Å². The fraction of sp³-hybridized carbons (Fsp3) is 0.167. The zero-order valence-electron chi connectivity index (χ0n) is 12.5. The molecule has 0 saturated carbocycles. The molecule has 1 N–H and O–H groups in total. The average Bonchev–Trinajstić information content (AvgIpc) is 2.53. The number of hydrogen-bond donors (Lipinski definition) is 1. The first-order valence-electron chi connectivity index (χ1n) is 6.89. The van der Waals surface area contributed by atoms with Gasteiger partial charge >= 0.3 is 0 Å². The van der Waals surface area contributed by atoms with Crippen molar-refractivity contribution >= 4 is 5.91 Å². The van der Waals surface area contributed by atoms with Crippen LogP contribution in [-0.2, 0) is 4.79 Å². The maximum Gasteiger partial charge on any atom is 0.243 e. The van der Waals surface area contributed by atoms with Crippen molar-refractivity contribution in [1.29, 1.82) is 0 Å². The summed E-state index contributed by atoms with van der Waals surface area (Å²) in [5, 5.41) is 10.1. The Morgan fingerprint density at radius 1 is 1.14 bits per heavy atom. The molecule has 4 heteroatoms. The summed E-state index contributed by atoms with van der Waals surface area (Å²) < 4.78 is 5.73. The van der Waals surface area contributed by atoms with Gasteiger partial charge in [0, 0.05) is 12.5 Å². The van der Waals surface area contributed by atoms with E-state index in [4.69, 9.17) is 4.74 Å². The van der Waals surface area contributed by atoms with E-state index in [-0.39, 0.29) is 0 Å². The Kier molecular flexibility index (Phi) is 5.18. The van der Waals surface area contributed by atoms with Crippen LogP contribution in [0.1, 0.15) is 19.4 Å². The highest BCUT2D eigenvalue weighted by Gasteiger charge is 2.10. The van der Waals surface area contributed by atoms with Crippen LogP contribution in [0.4, 0.5) is 0 Å². The van der Waals surface area contributed by atoms with Gasteiger partial charge in [-0.1, -0.05) is 36.1 Å². The molecule has 0 bridgehead atoms. The predicted molar refractivity (Wildman–Crippen MR) is 83.6 cm³/mol. The lowest BCUT2D eigenvalue weighted by Gasteiger charge is -2.15. The normalized spacial score (nSPS) is 11.0. The summed E-state index contributed by atoms with van der Waals surface area (Å²) in [6, 6.07) is 16.2. The average molecular weight is 295 g/mol. The van der Waals surface area contributed by atoms with Crippen molar-refractivity contribution in [3.8, 4) is 23.3 Å². The van der Waals surface area contributed by atoms with Gasteiger partial charge in [0.2, 0.25) is 5.91 Å². The van der Waals surface area contributed by atoms with E-state index in [0.29, 0.717) is 10.8 Å². The van der Waals surface area contributed by atoms with Gasteiger partial charge in [-0.05, 0) is 37.3 Å². The third-order valence-corrected chi connectivity index (χ3v) is 2.93. The number of benzene rings is 2. The first-order valence-corrected chi connectivity index (χ1v) is 6.89. The number of amides is 1. The molecule has 0 radical (unpaired) electrons. The minimum absolute atomic E-state index is 0.442. The van der Waals surface area contributed by atoms with E-state index in [1.54, 1.807) is 6.92 Å². The van der Waals surface area contributed by atoms with Crippen LogP contribution >= 0.6 is 0 Å². The Hall–Kier alpha value is -2.77. The number of nitrogens with zero attached hydrogens (tertiary/aromatic N) is 1. The molecule has 112 valence electrons. The van der Waals surface area contributed by atoms with Crippen molar-refractivity contribution in [2.75, 3.05) is 0 Å². The fourth-order valence-electron chi connectivity index (χ4n) is 1.78. The molecule has 1 amide bonds. The molecule has 0 heterocycles. The number of ether oxygens (including phenoxy) is 1. The van der Waals surface area contributed by atoms with Crippen LogP contribution in [0.25, 0.3) is 0 Å². The quantitative estimate of drug-likeness (QED) is 0.536. The van der Waals surface area contributed by atoms with Gasteiger partial charge in [-0.2, -0.15) is 0 Å². The van der Waals surface area contributed by atoms with Gasteiger partial charge in [0.25, 0.3) is 0 Å². The van der Waals surface area contributed by atoms with E-state index >= 15 is 0 Å². The molecule has 0 aliphatic rings. The summed E-state index contributed by atoms with van der Waals surface area (Å²) in [5.74, 6) is 6.73. The first-order chi connectivity index (χ1) is 10.6. The second-order valence-electron chi connectivity index (χ2n) is 4.75. The predicted octanol–water partition coefficient (Wildman–Crippen LogP) is 3.46. The van der Waals surface area contributed by atoms with Crippen LogP contribution < -0.4 is 4.74 Å². The van der Waals surface area contributed by atoms with Gasteiger partial charge in [0.1, 0.15) is 17.5 Å². The number of rotatable bonds is 3. The van der Waals surface area contributed by atoms with Gasteiger partial charge in [0.05, 0.1) is 0 Å². The van der Waals surface area contributed by atoms with Crippen LogP contribution in [0, 0.1) is 11.8 Å². The molecule has 22 heavy (non-hydrogen) atoms. The molecule has 0 aliphatic heterocycles. The highest BCUT2D eigenvalue weighted by atomic mass is 16.5. The lowest BCUT2D eigenvalue weighted by atomic mass is 10.2. The molecule has 0 fully saturated rings. The number of carbonyl (C=O) groups is 1. The van der Waals surface area contributed by atoms with Crippen LogP contribution in [0.5, 0.6) is 11.5 Å². The molecule has 0 aromatic heterocycles. The molecule has 2 rings (SSSR count). The summed E-state index contributed by atoms with van der Waals surface area (Å²) in [6.07, 6.45) is 0. The fourth-order valence-corrected chi connectivity index (χ4v) is 1.78. The molecule has 4 nitrogen and oxygen atoms in total. The van der Waals surface area contributed by atoms with Crippen molar-refractivity contribution in [3.05, 3.63) is 60.2 Å². The largest absolute Gasteiger partial charge is 0.457 e. The zero-order valence-corrected chi connectivity index (χ0v) is 12.5. The Balaban J connectivity index is 2.11. The van der Waals surface area contributed by atoms with Crippen LogP contribution in [0.2, 0.25) is 0 Å². The second kappa shape index (κ2) is 7.30. The third kappa shape index (κ3) is 4.37. The summed E-state index contributed by atoms with van der Waals surface area (Å²) in [5.41, 5.74) is 0.747. The minimum atomic E-state index is -0.573. The SMILES string of the molecule is CC(=O)N(O)C(C)C#Cc1cccc(Oc2ccccc2)c1. The maximum absolute atomic E-state index is 11.0. The van der Waals surface area contributed by atoms with Gasteiger partial charge in [-0.15, -0.1) is 0 Å². The number of hydrogen-bond acceptors (Lipinski definition) is 3. The molecule has 0 aliphatic carbocycles. The Morgan fingerprint density at radius 2 is 1.82 bits per heavy atom. The first kappa shape index (κ1) is 15.6. The molecule has 2 aromatic rings. The molecule has 1 atom stereocenters. The van der Waals surface area contributed by atoms with Crippen LogP contribution in [-0.4, -0.2) is 22.2 Å². The second-order valence-corrected chi connectivity index (χ2v) is 4.75. The van der Waals surface area contributed by atoms with E-state index in [2.05, 4.69) is 11.8 Å². The molecule has 1 unspecified atom stereocenters. The molecule has 0 saturated heterocycles. The molecular formula is C18H17NO3. The zero-order chi connectivity index (χ0) is 15.9. The summed E-state index contributed by atoms with van der Waals surface area (Å²) in [4.78, 5) is 11.0. The number of carbonyl (C=O) groups excluding carboxylic acids is 1. The maximum atomic E-state index is 11.0. The van der Waals surface area contributed by atoms with Crippen molar-refractivity contribution in [2.24, 2.45) is 0 Å². The van der Waals surface area contributed by atoms with Gasteiger partial charge in [0.15, 0.2) is 0 Å². The smallest absolute Gasteiger partial charge is 0.243 e. The lowest BCUT2D eigenvalue weighted by molar-refractivity contribution is -0.166. The van der Waals surface area contributed by atoms with Crippen molar-refractivity contribution in [3.63, 3.8) is 0 Å². The Bertz CT molecular complexity index is 701. The third-order valence-electron chi connectivity index (χ3n) is 2.93. The van der Waals surface area contributed by atoms with Crippen molar-refractivity contribution in [2.45, 2.75) is 19.9 Å². The standard InChI is InChI=1S/C18H17NO3/c1-14(19(21)15(2)20)11-12-16-7-6-10-18(13-16)22-17-8-4-3-5-9-17/h3-10,13-14,21H,1-2H3. The van der Waals surface area contributed by atoms with E-state index in [1.165, 1.54) is 6.92 Å². The number of para-hydroxylation sites is 1. The summed E-state index contributed by atoms with van der Waals surface area (Å²) >= 11 is 0. The van der Waals surface area contributed by atoms with Crippen LogP contribution in [0.3, 0.4) is 0 Å². The number of hydroxylamine groups is 2.